The van der Waals surface area contributed by atoms with E-state index in [1.165, 1.54) is 50.5 Å². The summed E-state index contributed by atoms with van der Waals surface area (Å²) in [7, 11) is 0. The Hall–Kier alpha value is -3.72. The van der Waals surface area contributed by atoms with Crippen LogP contribution in [0, 0.1) is 52.3 Å². The first kappa shape index (κ1) is 52.9. The Morgan fingerprint density at radius 3 is 2.28 bits per heavy atom. The van der Waals surface area contributed by atoms with Gasteiger partial charge < -0.3 is 46.8 Å². The van der Waals surface area contributed by atoms with Crippen LogP contribution in [0.25, 0.3) is 0 Å². The second-order valence-corrected chi connectivity index (χ2v) is 20.2. The van der Waals surface area contributed by atoms with Crippen LogP contribution in [0.5, 0.6) is 0 Å². The number of carbonyl (C=O) groups excluding carboxylic acids is 4. The molecule has 364 valence electrons. The van der Waals surface area contributed by atoms with E-state index in [9.17, 15) is 19.2 Å². The van der Waals surface area contributed by atoms with E-state index >= 15 is 0 Å². The maximum atomic E-state index is 13.0. The summed E-state index contributed by atoms with van der Waals surface area (Å²) < 4.78 is 22.3. The van der Waals surface area contributed by atoms with Crippen LogP contribution in [0.1, 0.15) is 144 Å². The van der Waals surface area contributed by atoms with Gasteiger partial charge in [-0.1, -0.05) is 65.5 Å². The van der Waals surface area contributed by atoms with Crippen LogP contribution in [0.2, 0.25) is 0 Å². The molecule has 4 aliphatic carbocycles. The molecular weight excluding hydrogens is 815 g/mol. The summed E-state index contributed by atoms with van der Waals surface area (Å²) in [5.74, 6) is 3.68. The highest BCUT2D eigenvalue weighted by atomic mass is 16.7. The van der Waals surface area contributed by atoms with Gasteiger partial charge in [0.2, 0.25) is 11.8 Å². The molecule has 4 rings (SSSR count). The average molecular weight is 900 g/mol. The molecule has 0 aromatic rings. The number of amides is 2. The number of rotatable bonds is 28. The zero-order chi connectivity index (χ0) is 46.7. The lowest BCUT2D eigenvalue weighted by atomic mass is 9.47. The molecule has 4 aliphatic rings. The first-order valence-electron chi connectivity index (χ1n) is 24.6. The van der Waals surface area contributed by atoms with Crippen molar-refractivity contribution in [1.29, 1.82) is 0 Å². The summed E-state index contributed by atoms with van der Waals surface area (Å²) in [5.41, 5.74) is 18.4. The molecule has 3 saturated carbocycles. The normalized spacial score (nSPS) is 27.3. The van der Waals surface area contributed by atoms with Crippen molar-refractivity contribution in [2.45, 2.75) is 150 Å². The number of hydrogen-bond donors (Lipinski definition) is 5. The molecule has 0 spiro atoms. The van der Waals surface area contributed by atoms with Gasteiger partial charge in [0.15, 0.2) is 11.7 Å². The Labute approximate surface area is 384 Å². The Kier molecular flexibility index (Phi) is 21.8. The van der Waals surface area contributed by atoms with Crippen molar-refractivity contribution < 1.29 is 38.1 Å². The molecule has 15 nitrogen and oxygen atoms in total. The number of amidine groups is 1. The van der Waals surface area contributed by atoms with Crippen LogP contribution in [0.3, 0.4) is 0 Å². The number of carbonyl (C=O) groups is 4. The lowest BCUT2D eigenvalue weighted by Gasteiger charge is -2.58. The second-order valence-electron chi connectivity index (χ2n) is 20.2. The topological polar surface area (TPSA) is 232 Å². The lowest BCUT2D eigenvalue weighted by molar-refractivity contribution is -0.132. The number of ether oxygens (including phenoxy) is 4. The van der Waals surface area contributed by atoms with Crippen LogP contribution >= 0.6 is 0 Å². The number of nitrogens with zero attached hydrogens (tertiary/aromatic N) is 2. The molecule has 3 fully saturated rings. The van der Waals surface area contributed by atoms with Gasteiger partial charge in [0.1, 0.15) is 19.3 Å². The SMILES string of the molecule is CC(N)=NCCCNC(=O)CCC(CC(=O)COCCOCCOC(=O)OC1CCC2(C)C(=CCC3C2CCC2(C)C(C(C)CCCC(C)C)CCC32)C1)C(=O)NCCCN=C(N)N. The Bertz CT molecular complexity index is 1600. The number of allylic oxidation sites excluding steroid dienone is 1. The third kappa shape index (κ3) is 16.3. The number of nitrogens with two attached hydrogens (primary N) is 3. The van der Waals surface area contributed by atoms with Crippen LogP contribution in [0.15, 0.2) is 21.6 Å². The highest BCUT2D eigenvalue weighted by Crippen LogP contribution is 2.67. The van der Waals surface area contributed by atoms with Gasteiger partial charge in [-0.15, -0.1) is 0 Å². The molecule has 64 heavy (non-hydrogen) atoms. The molecular formula is C49H85N7O8. The summed E-state index contributed by atoms with van der Waals surface area (Å²) in [6, 6.07) is 0. The fourth-order valence-corrected chi connectivity index (χ4v) is 11.8. The van der Waals surface area contributed by atoms with Crippen molar-refractivity contribution >= 4 is 35.5 Å². The van der Waals surface area contributed by atoms with Gasteiger partial charge in [0.25, 0.3) is 0 Å². The number of ketones is 1. The van der Waals surface area contributed by atoms with E-state index in [1.54, 1.807) is 6.92 Å². The van der Waals surface area contributed by atoms with E-state index in [2.05, 4.69) is 61.3 Å². The summed E-state index contributed by atoms with van der Waals surface area (Å²) in [5, 5.41) is 5.63. The van der Waals surface area contributed by atoms with Crippen molar-refractivity contribution in [3.05, 3.63) is 11.6 Å². The van der Waals surface area contributed by atoms with Crippen LogP contribution in [-0.2, 0) is 33.3 Å². The number of fused-ring (bicyclic) bond motifs is 5. The van der Waals surface area contributed by atoms with E-state index in [1.807, 2.05) is 0 Å². The Morgan fingerprint density at radius 1 is 0.828 bits per heavy atom. The summed E-state index contributed by atoms with van der Waals surface area (Å²) in [6.45, 7) is 16.0. The van der Waals surface area contributed by atoms with E-state index in [-0.39, 0.29) is 87.4 Å². The van der Waals surface area contributed by atoms with Crippen LogP contribution in [-0.4, -0.2) is 101 Å². The van der Waals surface area contributed by atoms with Gasteiger partial charge in [0, 0.05) is 51.4 Å². The van der Waals surface area contributed by atoms with E-state index < -0.39 is 12.1 Å². The lowest BCUT2D eigenvalue weighted by Crippen LogP contribution is -2.51. The number of Topliss-reactive ketones (excluding diaryl/α,β-unsaturated/α-hetero) is 1. The van der Waals surface area contributed by atoms with Gasteiger partial charge in [-0.25, -0.2) is 4.79 Å². The quantitative estimate of drug-likeness (QED) is 0.0185. The number of nitrogens with one attached hydrogen (secondary N) is 2. The minimum absolute atomic E-state index is 0.0262. The number of aliphatic imine (C=N–C) groups is 2. The molecule has 0 aromatic carbocycles. The van der Waals surface area contributed by atoms with Crippen LogP contribution < -0.4 is 27.8 Å². The first-order chi connectivity index (χ1) is 30.5. The van der Waals surface area contributed by atoms with E-state index in [0.29, 0.717) is 56.2 Å². The average Bonchev–Trinajstić information content (AvgIpc) is 3.60. The number of hydrogen-bond acceptors (Lipinski definition) is 10. The van der Waals surface area contributed by atoms with Gasteiger partial charge in [-0.2, -0.15) is 0 Å². The van der Waals surface area contributed by atoms with Gasteiger partial charge in [-0.05, 0) is 117 Å². The fourth-order valence-electron chi connectivity index (χ4n) is 11.8. The van der Waals surface area contributed by atoms with E-state index in [4.69, 9.17) is 36.1 Å². The third-order valence-corrected chi connectivity index (χ3v) is 15.1. The molecule has 8 N–H and O–H groups in total. The molecule has 0 heterocycles. The summed E-state index contributed by atoms with van der Waals surface area (Å²) in [6.07, 6.45) is 16.4. The predicted octanol–water partition coefficient (Wildman–Crippen LogP) is 6.60. The second kappa shape index (κ2) is 26.4. The third-order valence-electron chi connectivity index (χ3n) is 15.1. The summed E-state index contributed by atoms with van der Waals surface area (Å²) in [4.78, 5) is 58.9. The van der Waals surface area contributed by atoms with Gasteiger partial charge in [-0.3, -0.25) is 24.4 Å². The molecule has 15 heteroatoms. The molecule has 0 aliphatic heterocycles. The molecule has 0 bridgehead atoms. The molecule has 0 aromatic heterocycles. The highest BCUT2D eigenvalue weighted by molar-refractivity contribution is 5.88. The minimum Gasteiger partial charge on any atom is -0.432 e. The van der Waals surface area contributed by atoms with E-state index in [0.717, 1.165) is 55.3 Å². The van der Waals surface area contributed by atoms with Crippen LogP contribution in [0.4, 0.5) is 4.79 Å². The maximum Gasteiger partial charge on any atom is 0.508 e. The first-order valence-corrected chi connectivity index (χ1v) is 24.6. The monoisotopic (exact) mass is 900 g/mol. The number of guanidine groups is 1. The largest absolute Gasteiger partial charge is 0.508 e. The molecule has 0 saturated heterocycles. The Balaban J connectivity index is 1.11. The van der Waals surface area contributed by atoms with Crippen molar-refractivity contribution in [3.63, 3.8) is 0 Å². The molecule has 0 radical (unpaired) electrons. The molecule has 9 atom stereocenters. The maximum absolute atomic E-state index is 13.0. The zero-order valence-electron chi connectivity index (χ0n) is 40.3. The smallest absolute Gasteiger partial charge is 0.432 e. The molecule has 2 amide bonds. The summed E-state index contributed by atoms with van der Waals surface area (Å²) >= 11 is 0. The Morgan fingerprint density at radius 2 is 1.55 bits per heavy atom. The highest BCUT2D eigenvalue weighted by Gasteiger charge is 2.59. The minimum atomic E-state index is -0.709. The standard InChI is InChI=1S/C49H85N7O8/c1-33(2)10-7-11-34(3)41-15-16-42-40-14-13-37-31-39(18-20-48(37,5)43(40)19-21-49(41,42)6)64-47(60)63-29-28-61-26-27-62-32-38(57)30-36(45(59)55-24-9-25-56-46(51)52)12-17-44(58)54-23-8-22-53-35(4)50/h13,33-34,36,39-43H,7-12,14-32H2,1-6H3,(H2,50,53)(H,54,58)(H,55,59)(H4,51,52,56). The van der Waals surface area contributed by atoms with Crippen molar-refractivity contribution in [2.24, 2.45) is 79.4 Å². The molecule has 9 unspecified atom stereocenters. The zero-order valence-corrected chi connectivity index (χ0v) is 40.3. The van der Waals surface area contributed by atoms with Crippen molar-refractivity contribution in [1.82, 2.24) is 10.6 Å². The van der Waals surface area contributed by atoms with Crippen molar-refractivity contribution in [2.75, 3.05) is 59.2 Å². The van der Waals surface area contributed by atoms with Gasteiger partial charge >= 0.3 is 6.16 Å². The van der Waals surface area contributed by atoms with Crippen molar-refractivity contribution in [3.8, 4) is 0 Å². The predicted molar refractivity (Wildman–Crippen MR) is 251 cm³/mol. The van der Waals surface area contributed by atoms with Gasteiger partial charge in [0.05, 0.1) is 25.7 Å². The fraction of sp³-hybridized carbons (Fsp3) is 0.837.